The van der Waals surface area contributed by atoms with Gasteiger partial charge in [-0.2, -0.15) is 0 Å². The number of nitro groups is 1. The summed E-state index contributed by atoms with van der Waals surface area (Å²) >= 11 is 0. The first-order valence-corrected chi connectivity index (χ1v) is 5.87. The van der Waals surface area contributed by atoms with Crippen LogP contribution in [0.1, 0.15) is 0 Å². The van der Waals surface area contributed by atoms with Crippen LogP contribution in [0.25, 0.3) is 16.8 Å². The van der Waals surface area contributed by atoms with Crippen molar-refractivity contribution in [3.63, 3.8) is 0 Å². The SMILES string of the molecule is O=[N+]([O-])c1ccc(-c2ccccc2-[n+]2ncn[nH]2)cc1. The number of non-ortho nitro benzene ring substituents is 1. The highest BCUT2D eigenvalue weighted by molar-refractivity contribution is 5.71. The Hall–Kier alpha value is -3.09. The molecule has 0 saturated carbocycles. The van der Waals surface area contributed by atoms with E-state index in [-0.39, 0.29) is 5.69 Å². The lowest BCUT2D eigenvalue weighted by Crippen LogP contribution is -2.36. The number of nitrogens with one attached hydrogen (secondary N) is 1. The van der Waals surface area contributed by atoms with Gasteiger partial charge in [0, 0.05) is 17.7 Å². The van der Waals surface area contributed by atoms with Crippen LogP contribution in [-0.4, -0.2) is 20.3 Å². The van der Waals surface area contributed by atoms with Crippen molar-refractivity contribution < 1.29 is 9.72 Å². The number of nitro benzene ring substituents is 1. The molecule has 0 bridgehead atoms. The highest BCUT2D eigenvalue weighted by atomic mass is 16.6. The number of hydrogen-bond donors (Lipinski definition) is 1. The van der Waals surface area contributed by atoms with Crippen LogP contribution in [0.15, 0.2) is 54.9 Å². The van der Waals surface area contributed by atoms with Crippen molar-refractivity contribution in [3.8, 4) is 16.8 Å². The number of aromatic amines is 1. The first-order valence-electron chi connectivity index (χ1n) is 5.87. The fourth-order valence-electron chi connectivity index (χ4n) is 1.97. The lowest BCUT2D eigenvalue weighted by Gasteiger charge is -2.04. The third-order valence-electron chi connectivity index (χ3n) is 2.90. The minimum Gasteiger partial charge on any atom is -0.258 e. The van der Waals surface area contributed by atoms with Crippen molar-refractivity contribution in [1.29, 1.82) is 0 Å². The van der Waals surface area contributed by atoms with Crippen molar-refractivity contribution in [2.75, 3.05) is 0 Å². The van der Waals surface area contributed by atoms with Crippen LogP contribution in [0.2, 0.25) is 0 Å². The molecular weight excluding hydrogens is 258 g/mol. The maximum atomic E-state index is 10.7. The van der Waals surface area contributed by atoms with E-state index >= 15 is 0 Å². The molecule has 1 heterocycles. The Balaban J connectivity index is 2.08. The third-order valence-corrected chi connectivity index (χ3v) is 2.90. The van der Waals surface area contributed by atoms with Gasteiger partial charge in [-0.25, -0.2) is 0 Å². The van der Waals surface area contributed by atoms with Gasteiger partial charge in [-0.3, -0.25) is 10.1 Å². The molecule has 0 radical (unpaired) electrons. The molecule has 7 nitrogen and oxygen atoms in total. The molecule has 0 aliphatic rings. The van der Waals surface area contributed by atoms with Crippen LogP contribution in [0.3, 0.4) is 0 Å². The minimum atomic E-state index is -0.416. The summed E-state index contributed by atoms with van der Waals surface area (Å²) in [5.41, 5.74) is 2.66. The summed E-state index contributed by atoms with van der Waals surface area (Å²) in [6.07, 6.45) is 1.41. The monoisotopic (exact) mass is 268 g/mol. The zero-order valence-electron chi connectivity index (χ0n) is 10.3. The predicted octanol–water partition coefficient (Wildman–Crippen LogP) is 1.66. The molecule has 0 fully saturated rings. The quantitative estimate of drug-likeness (QED) is 0.444. The Bertz CT molecular complexity index is 738. The molecule has 2 aromatic carbocycles. The van der Waals surface area contributed by atoms with Crippen LogP contribution in [-0.2, 0) is 0 Å². The Kier molecular flexibility index (Phi) is 2.92. The summed E-state index contributed by atoms with van der Waals surface area (Å²) in [6, 6.07) is 14.0. The van der Waals surface area contributed by atoms with Gasteiger partial charge < -0.3 is 0 Å². The average molecular weight is 268 g/mol. The van der Waals surface area contributed by atoms with Crippen LogP contribution < -0.4 is 4.80 Å². The van der Waals surface area contributed by atoms with Crippen molar-refractivity contribution in [3.05, 3.63) is 65.0 Å². The van der Waals surface area contributed by atoms with Gasteiger partial charge in [0.1, 0.15) is 0 Å². The second-order valence-electron chi connectivity index (χ2n) is 4.09. The van der Waals surface area contributed by atoms with Crippen LogP contribution in [0.5, 0.6) is 0 Å². The molecule has 0 amide bonds. The minimum absolute atomic E-state index is 0.0681. The number of tetrazole rings is 1. The maximum absolute atomic E-state index is 10.7. The molecule has 0 atom stereocenters. The van der Waals surface area contributed by atoms with E-state index in [0.29, 0.717) is 0 Å². The standard InChI is InChI=1S/C13H9N5O2/c19-18(20)11-7-5-10(6-8-11)12-3-1-2-4-13(12)17-15-9-14-16-17/h1-9H/p+1. The topological polar surface area (TPSA) is 88.6 Å². The molecular formula is C13H10N5O2+. The zero-order valence-corrected chi connectivity index (χ0v) is 10.3. The van der Waals surface area contributed by atoms with Gasteiger partial charge in [0.05, 0.1) is 10.0 Å². The molecule has 0 spiro atoms. The van der Waals surface area contributed by atoms with Gasteiger partial charge in [0.25, 0.3) is 12.0 Å². The number of rotatable bonds is 3. The number of H-pyrrole nitrogens is 1. The Labute approximate surface area is 113 Å². The van der Waals surface area contributed by atoms with Crippen molar-refractivity contribution in [2.24, 2.45) is 0 Å². The van der Waals surface area contributed by atoms with E-state index in [9.17, 15) is 10.1 Å². The Morgan fingerprint density at radius 2 is 1.85 bits per heavy atom. The number of nitrogens with zero attached hydrogens (tertiary/aromatic N) is 4. The first-order chi connectivity index (χ1) is 9.75. The average Bonchev–Trinajstić information content (AvgIpc) is 3.01. The lowest BCUT2D eigenvalue weighted by atomic mass is 10.0. The zero-order chi connectivity index (χ0) is 13.9. The Morgan fingerprint density at radius 3 is 2.50 bits per heavy atom. The third kappa shape index (κ3) is 2.12. The first kappa shape index (κ1) is 12.0. The smallest absolute Gasteiger partial charge is 0.258 e. The number of benzene rings is 2. The van der Waals surface area contributed by atoms with Gasteiger partial charge >= 0.3 is 0 Å². The molecule has 0 aliphatic carbocycles. The second-order valence-corrected chi connectivity index (χ2v) is 4.09. The molecule has 1 N–H and O–H groups in total. The number of para-hydroxylation sites is 1. The van der Waals surface area contributed by atoms with Crippen LogP contribution >= 0.6 is 0 Å². The summed E-state index contributed by atoms with van der Waals surface area (Å²) < 4.78 is 0. The number of hydrogen-bond acceptors (Lipinski definition) is 4. The van der Waals surface area contributed by atoms with Crippen molar-refractivity contribution in [1.82, 2.24) is 15.4 Å². The van der Waals surface area contributed by atoms with Gasteiger partial charge in [-0.15, -0.1) is 0 Å². The van der Waals surface area contributed by atoms with E-state index in [1.807, 2.05) is 24.3 Å². The molecule has 0 saturated heterocycles. The summed E-state index contributed by atoms with van der Waals surface area (Å²) in [5.74, 6) is 0. The molecule has 1 aromatic heterocycles. The van der Waals surface area contributed by atoms with E-state index in [4.69, 9.17) is 0 Å². The number of aromatic nitrogens is 4. The van der Waals surface area contributed by atoms with Gasteiger partial charge in [-0.05, 0) is 44.9 Å². The van der Waals surface area contributed by atoms with Crippen molar-refractivity contribution >= 4 is 5.69 Å². The van der Waals surface area contributed by atoms with Gasteiger partial charge in [0.2, 0.25) is 0 Å². The molecule has 98 valence electrons. The molecule has 3 aromatic rings. The fraction of sp³-hybridized carbons (Fsp3) is 0. The summed E-state index contributed by atoms with van der Waals surface area (Å²) in [7, 11) is 0. The molecule has 7 heteroatoms. The largest absolute Gasteiger partial charge is 0.297 e. The van der Waals surface area contributed by atoms with E-state index in [2.05, 4.69) is 15.4 Å². The summed E-state index contributed by atoms with van der Waals surface area (Å²) in [6.45, 7) is 0. The van der Waals surface area contributed by atoms with Crippen LogP contribution in [0, 0.1) is 10.1 Å². The second kappa shape index (κ2) is 4.88. The van der Waals surface area contributed by atoms with Gasteiger partial charge in [-0.1, -0.05) is 12.1 Å². The lowest BCUT2D eigenvalue weighted by molar-refractivity contribution is -0.716. The maximum Gasteiger partial charge on any atom is 0.297 e. The molecule has 3 rings (SSSR count). The summed E-state index contributed by atoms with van der Waals surface area (Å²) in [4.78, 5) is 11.8. The van der Waals surface area contributed by atoms with E-state index in [0.717, 1.165) is 16.8 Å². The van der Waals surface area contributed by atoms with Gasteiger partial charge in [0.15, 0.2) is 5.69 Å². The Morgan fingerprint density at radius 1 is 1.10 bits per heavy atom. The summed E-state index contributed by atoms with van der Waals surface area (Å²) in [5, 5.41) is 21.3. The van der Waals surface area contributed by atoms with E-state index in [1.54, 1.807) is 12.1 Å². The van der Waals surface area contributed by atoms with E-state index < -0.39 is 4.92 Å². The van der Waals surface area contributed by atoms with E-state index in [1.165, 1.54) is 23.3 Å². The van der Waals surface area contributed by atoms with Crippen molar-refractivity contribution in [2.45, 2.75) is 0 Å². The predicted molar refractivity (Wildman–Crippen MR) is 70.0 cm³/mol. The fourth-order valence-corrected chi connectivity index (χ4v) is 1.97. The molecule has 0 aliphatic heterocycles. The normalized spacial score (nSPS) is 10.4. The molecule has 0 unspecified atom stereocenters. The highest BCUT2D eigenvalue weighted by Gasteiger charge is 2.14. The molecule has 20 heavy (non-hydrogen) atoms. The highest BCUT2D eigenvalue weighted by Crippen LogP contribution is 2.25. The van der Waals surface area contributed by atoms with Crippen LogP contribution in [0.4, 0.5) is 5.69 Å².